The fourth-order valence-corrected chi connectivity index (χ4v) is 1.02. The number of nitrogens with one attached hydrogen (secondary N) is 1. The number of hydrogen-bond acceptors (Lipinski definition) is 3. The number of H-pyrrole nitrogens is 1. The molecule has 5 nitrogen and oxygen atoms in total. The molecule has 0 aliphatic heterocycles. The first-order chi connectivity index (χ1) is 8.11. The Morgan fingerprint density at radius 1 is 1.35 bits per heavy atom. The van der Waals surface area contributed by atoms with E-state index in [1.54, 1.807) is 0 Å². The quantitative estimate of drug-likeness (QED) is 0.793. The number of carbonyl (C=O) groups is 2. The Morgan fingerprint density at radius 2 is 1.88 bits per heavy atom. The predicted molar refractivity (Wildman–Crippen MR) is 66.8 cm³/mol. The van der Waals surface area contributed by atoms with E-state index in [4.69, 9.17) is 5.11 Å². The molecule has 2 N–H and O–H groups in total. The van der Waals surface area contributed by atoms with E-state index in [1.807, 2.05) is 27.7 Å². The van der Waals surface area contributed by atoms with Gasteiger partial charge in [0.05, 0.1) is 6.33 Å². The number of aliphatic carboxylic acids is 1. The predicted octanol–water partition coefficient (Wildman–Crippen LogP) is 2.29. The van der Waals surface area contributed by atoms with Crippen LogP contribution < -0.4 is 0 Å². The molecular formula is C12H22N2O3. The second-order valence-corrected chi connectivity index (χ2v) is 2.78. The molecule has 0 aliphatic rings. The van der Waals surface area contributed by atoms with E-state index in [1.165, 1.54) is 19.4 Å². The average Bonchev–Trinajstić information content (AvgIpc) is 2.83. The summed E-state index contributed by atoms with van der Waals surface area (Å²) in [5.41, 5.74) is 0.655. The molecule has 1 atom stereocenters. The number of rotatable bonds is 4. The molecule has 0 saturated carbocycles. The minimum absolute atomic E-state index is 0.171. The van der Waals surface area contributed by atoms with Crippen LogP contribution in [0.3, 0.4) is 0 Å². The van der Waals surface area contributed by atoms with Gasteiger partial charge in [0.15, 0.2) is 0 Å². The van der Waals surface area contributed by atoms with E-state index in [0.29, 0.717) is 5.69 Å². The summed E-state index contributed by atoms with van der Waals surface area (Å²) in [5, 5.41) is 8.69. The first-order valence-corrected chi connectivity index (χ1v) is 5.81. The van der Waals surface area contributed by atoms with Gasteiger partial charge < -0.3 is 10.1 Å². The van der Waals surface area contributed by atoms with Gasteiger partial charge in [0.25, 0.3) is 0 Å². The summed E-state index contributed by atoms with van der Waals surface area (Å²) in [4.78, 5) is 28.0. The second-order valence-electron chi connectivity index (χ2n) is 2.78. The number of Topliss-reactive ketones (excluding diaryl/α,β-unsaturated/α-hetero) is 1. The van der Waals surface area contributed by atoms with Gasteiger partial charge in [-0.1, -0.05) is 27.7 Å². The molecule has 1 aromatic rings. The van der Waals surface area contributed by atoms with Crippen molar-refractivity contribution in [3.05, 3.63) is 18.2 Å². The maximum atomic E-state index is 10.9. The smallest absolute Gasteiger partial charge is 0.314 e. The minimum Gasteiger partial charge on any atom is -0.481 e. The van der Waals surface area contributed by atoms with Crippen LogP contribution in [0.5, 0.6) is 0 Å². The second kappa shape index (κ2) is 10.9. The van der Waals surface area contributed by atoms with Gasteiger partial charge in [-0.2, -0.15) is 0 Å². The molecule has 0 radical (unpaired) electrons. The summed E-state index contributed by atoms with van der Waals surface area (Å²) in [6, 6.07) is 0. The molecular weight excluding hydrogens is 220 g/mol. The SMILES string of the molecule is CC.CC.CC(=O)[C@@H](Cc1cnc[nH]1)C(=O)O. The van der Waals surface area contributed by atoms with Gasteiger partial charge >= 0.3 is 5.97 Å². The Hall–Kier alpha value is -1.65. The molecule has 17 heavy (non-hydrogen) atoms. The highest BCUT2D eigenvalue weighted by Crippen LogP contribution is 2.07. The molecule has 1 rings (SSSR count). The summed E-state index contributed by atoms with van der Waals surface area (Å²) >= 11 is 0. The standard InChI is InChI=1S/C8H10N2O3.2C2H6/c1-5(11)7(8(12)13)2-6-3-9-4-10-6;2*1-2/h3-4,7H,2H2,1H3,(H,9,10)(H,12,13);2*1-2H3/t7-;;/m1../s1. The Kier molecular flexibility index (Phi) is 11.3. The van der Waals surface area contributed by atoms with Gasteiger partial charge in [-0.25, -0.2) is 4.98 Å². The van der Waals surface area contributed by atoms with Crippen molar-refractivity contribution in [1.29, 1.82) is 0 Å². The highest BCUT2D eigenvalue weighted by atomic mass is 16.4. The van der Waals surface area contributed by atoms with Gasteiger partial charge in [-0.15, -0.1) is 0 Å². The number of ketones is 1. The van der Waals surface area contributed by atoms with Crippen LogP contribution in [0.15, 0.2) is 12.5 Å². The van der Waals surface area contributed by atoms with Gasteiger partial charge in [0, 0.05) is 18.3 Å². The van der Waals surface area contributed by atoms with Gasteiger partial charge in [0.2, 0.25) is 0 Å². The van der Waals surface area contributed by atoms with Crippen molar-refractivity contribution in [2.75, 3.05) is 0 Å². The van der Waals surface area contributed by atoms with Crippen molar-refractivity contribution in [2.24, 2.45) is 5.92 Å². The molecule has 0 unspecified atom stereocenters. The molecule has 1 heterocycles. The Balaban J connectivity index is 0. The zero-order valence-corrected chi connectivity index (χ0v) is 11.2. The third kappa shape index (κ3) is 7.27. The van der Waals surface area contributed by atoms with Crippen LogP contribution >= 0.6 is 0 Å². The highest BCUT2D eigenvalue weighted by Gasteiger charge is 2.23. The van der Waals surface area contributed by atoms with Crippen molar-refractivity contribution >= 4 is 11.8 Å². The molecule has 0 fully saturated rings. The van der Waals surface area contributed by atoms with E-state index < -0.39 is 11.9 Å². The fraction of sp³-hybridized carbons (Fsp3) is 0.583. The third-order valence-electron chi connectivity index (χ3n) is 1.77. The molecule has 1 aromatic heterocycles. The Morgan fingerprint density at radius 3 is 2.18 bits per heavy atom. The van der Waals surface area contributed by atoms with Crippen LogP contribution in [-0.2, 0) is 16.0 Å². The number of carbonyl (C=O) groups excluding carboxylic acids is 1. The zero-order chi connectivity index (χ0) is 13.8. The number of hydrogen-bond donors (Lipinski definition) is 2. The van der Waals surface area contributed by atoms with Crippen molar-refractivity contribution in [3.63, 3.8) is 0 Å². The average molecular weight is 242 g/mol. The van der Waals surface area contributed by atoms with Crippen molar-refractivity contribution in [3.8, 4) is 0 Å². The van der Waals surface area contributed by atoms with Crippen LogP contribution in [0.25, 0.3) is 0 Å². The van der Waals surface area contributed by atoms with Crippen LogP contribution in [-0.4, -0.2) is 26.8 Å². The molecule has 98 valence electrons. The summed E-state index contributed by atoms with van der Waals surface area (Å²) in [5.74, 6) is -2.41. The molecule has 0 aromatic carbocycles. The number of carboxylic acids is 1. The molecule has 0 amide bonds. The number of nitrogens with zero attached hydrogens (tertiary/aromatic N) is 1. The van der Waals surface area contributed by atoms with E-state index in [0.717, 1.165) is 0 Å². The van der Waals surface area contributed by atoms with Gasteiger partial charge in [-0.3, -0.25) is 9.59 Å². The lowest BCUT2D eigenvalue weighted by atomic mass is 10.00. The summed E-state index contributed by atoms with van der Waals surface area (Å²) in [6.45, 7) is 9.27. The topological polar surface area (TPSA) is 83.0 Å². The first kappa shape index (κ1) is 17.7. The highest BCUT2D eigenvalue weighted by molar-refractivity contribution is 5.97. The summed E-state index contributed by atoms with van der Waals surface area (Å²) < 4.78 is 0. The third-order valence-corrected chi connectivity index (χ3v) is 1.77. The van der Waals surface area contributed by atoms with Crippen molar-refractivity contribution in [1.82, 2.24) is 9.97 Å². The van der Waals surface area contributed by atoms with E-state index in [9.17, 15) is 9.59 Å². The van der Waals surface area contributed by atoms with Crippen molar-refractivity contribution in [2.45, 2.75) is 41.0 Å². The van der Waals surface area contributed by atoms with E-state index in [-0.39, 0.29) is 12.2 Å². The first-order valence-electron chi connectivity index (χ1n) is 5.81. The Labute approximate surface area is 102 Å². The van der Waals surface area contributed by atoms with Crippen LogP contribution in [0.1, 0.15) is 40.3 Å². The monoisotopic (exact) mass is 242 g/mol. The van der Waals surface area contributed by atoms with Gasteiger partial charge in [-0.05, 0) is 6.92 Å². The molecule has 5 heteroatoms. The number of carboxylic acid groups (broad SMARTS) is 1. The summed E-state index contributed by atoms with van der Waals surface area (Å²) in [7, 11) is 0. The number of aromatic amines is 1. The molecule has 0 spiro atoms. The zero-order valence-electron chi connectivity index (χ0n) is 11.2. The molecule has 0 aliphatic carbocycles. The minimum atomic E-state index is -1.10. The summed E-state index contributed by atoms with van der Waals surface area (Å²) in [6.07, 6.45) is 3.14. The van der Waals surface area contributed by atoms with Crippen LogP contribution in [0, 0.1) is 5.92 Å². The molecule has 0 bridgehead atoms. The largest absolute Gasteiger partial charge is 0.481 e. The lowest BCUT2D eigenvalue weighted by Crippen LogP contribution is -2.23. The van der Waals surface area contributed by atoms with Crippen molar-refractivity contribution < 1.29 is 14.7 Å². The number of aromatic nitrogens is 2. The lowest BCUT2D eigenvalue weighted by Gasteiger charge is -2.05. The van der Waals surface area contributed by atoms with Gasteiger partial charge in [0.1, 0.15) is 11.7 Å². The lowest BCUT2D eigenvalue weighted by molar-refractivity contribution is -0.145. The normalized spacial score (nSPS) is 10.2. The van der Waals surface area contributed by atoms with E-state index >= 15 is 0 Å². The van der Waals surface area contributed by atoms with Crippen LogP contribution in [0.2, 0.25) is 0 Å². The fourth-order valence-electron chi connectivity index (χ4n) is 1.02. The maximum Gasteiger partial charge on any atom is 0.314 e. The Bertz CT molecular complexity index is 294. The number of imidazole rings is 1. The maximum absolute atomic E-state index is 10.9. The van der Waals surface area contributed by atoms with Crippen LogP contribution in [0.4, 0.5) is 0 Å². The molecule has 0 saturated heterocycles. The van der Waals surface area contributed by atoms with E-state index in [2.05, 4.69) is 9.97 Å².